The number of anilines is 1. The maximum Gasteiger partial charge on any atom is 0.0729 e. The zero-order valence-corrected chi connectivity index (χ0v) is 12.2. The van der Waals surface area contributed by atoms with Gasteiger partial charge in [-0.05, 0) is 29.5 Å². The number of aromatic nitrogens is 2. The predicted octanol–water partition coefficient (Wildman–Crippen LogP) is 4.24. The third-order valence-electron chi connectivity index (χ3n) is 3.18. The lowest BCUT2D eigenvalue weighted by molar-refractivity contribution is 0.660. The molecule has 0 saturated heterocycles. The molecule has 0 saturated carbocycles. The zero-order valence-electron chi connectivity index (χ0n) is 11.4. The third kappa shape index (κ3) is 2.91. The first kappa shape index (κ1) is 12.9. The van der Waals surface area contributed by atoms with E-state index in [1.165, 1.54) is 16.0 Å². The van der Waals surface area contributed by atoms with E-state index in [-0.39, 0.29) is 0 Å². The van der Waals surface area contributed by atoms with Crippen LogP contribution in [0, 0.1) is 0 Å². The highest BCUT2D eigenvalue weighted by Crippen LogP contribution is 2.25. The Morgan fingerprint density at radius 3 is 2.80 bits per heavy atom. The largest absolute Gasteiger partial charge is 0.378 e. The van der Waals surface area contributed by atoms with E-state index < -0.39 is 0 Å². The summed E-state index contributed by atoms with van der Waals surface area (Å²) in [6.07, 6.45) is 3.90. The molecule has 3 rings (SSSR count). The van der Waals surface area contributed by atoms with Crippen molar-refractivity contribution in [2.75, 3.05) is 5.32 Å². The molecule has 0 aliphatic carbocycles. The van der Waals surface area contributed by atoms with Crippen LogP contribution in [0.2, 0.25) is 0 Å². The normalized spacial score (nSPS) is 10.7. The molecule has 0 radical (unpaired) electrons. The van der Waals surface area contributed by atoms with Crippen molar-refractivity contribution < 1.29 is 0 Å². The van der Waals surface area contributed by atoms with Gasteiger partial charge in [-0.3, -0.25) is 4.68 Å². The van der Waals surface area contributed by atoms with E-state index in [1.807, 2.05) is 23.1 Å². The van der Waals surface area contributed by atoms with Crippen LogP contribution in [0.1, 0.15) is 11.8 Å². The van der Waals surface area contributed by atoms with Crippen molar-refractivity contribution in [3.05, 3.63) is 59.0 Å². The molecule has 0 unspecified atom stereocenters. The van der Waals surface area contributed by atoms with Gasteiger partial charge in [0, 0.05) is 24.2 Å². The number of thiophene rings is 1. The molecule has 3 aromatic rings. The highest BCUT2D eigenvalue weighted by molar-refractivity contribution is 7.10. The summed E-state index contributed by atoms with van der Waals surface area (Å²) >= 11 is 1.79. The van der Waals surface area contributed by atoms with Crippen LogP contribution in [0.25, 0.3) is 11.1 Å². The number of benzene rings is 1. The van der Waals surface area contributed by atoms with Crippen molar-refractivity contribution in [2.24, 2.45) is 0 Å². The summed E-state index contributed by atoms with van der Waals surface area (Å²) in [6.45, 7) is 3.83. The second-order valence-electron chi connectivity index (χ2n) is 4.61. The minimum Gasteiger partial charge on any atom is -0.378 e. The minimum atomic E-state index is 0.840. The Morgan fingerprint density at radius 1 is 1.20 bits per heavy atom. The van der Waals surface area contributed by atoms with Crippen molar-refractivity contribution >= 4 is 17.0 Å². The molecule has 0 amide bonds. The Hall–Kier alpha value is -2.07. The highest BCUT2D eigenvalue weighted by atomic mass is 32.1. The number of nitrogens with zero attached hydrogens (tertiary/aromatic N) is 2. The van der Waals surface area contributed by atoms with Gasteiger partial charge >= 0.3 is 0 Å². The summed E-state index contributed by atoms with van der Waals surface area (Å²) in [7, 11) is 0. The lowest BCUT2D eigenvalue weighted by Gasteiger charge is -2.00. The molecule has 0 aliphatic heterocycles. The van der Waals surface area contributed by atoms with Gasteiger partial charge in [-0.2, -0.15) is 5.10 Å². The molecular formula is C16H17N3S. The Morgan fingerprint density at radius 2 is 2.05 bits per heavy atom. The van der Waals surface area contributed by atoms with Gasteiger partial charge in [0.2, 0.25) is 0 Å². The van der Waals surface area contributed by atoms with Gasteiger partial charge in [0.05, 0.1) is 11.9 Å². The second-order valence-corrected chi connectivity index (χ2v) is 5.60. The van der Waals surface area contributed by atoms with Crippen molar-refractivity contribution in [2.45, 2.75) is 20.0 Å². The maximum absolute atomic E-state index is 4.26. The monoisotopic (exact) mass is 283 g/mol. The molecule has 3 nitrogen and oxygen atoms in total. The Kier molecular flexibility index (Phi) is 3.83. The van der Waals surface area contributed by atoms with Gasteiger partial charge < -0.3 is 5.32 Å². The molecule has 1 aromatic carbocycles. The average Bonchev–Trinajstić information content (AvgIpc) is 3.15. The molecule has 0 atom stereocenters. The van der Waals surface area contributed by atoms with E-state index in [1.54, 1.807) is 11.3 Å². The van der Waals surface area contributed by atoms with Gasteiger partial charge in [-0.25, -0.2) is 0 Å². The fourth-order valence-corrected chi connectivity index (χ4v) is 2.91. The summed E-state index contributed by atoms with van der Waals surface area (Å²) in [5.74, 6) is 0. The van der Waals surface area contributed by atoms with Crippen LogP contribution in [0.4, 0.5) is 5.69 Å². The Bertz CT molecular complexity index is 670. The van der Waals surface area contributed by atoms with Crippen LogP contribution in [-0.4, -0.2) is 9.78 Å². The second kappa shape index (κ2) is 5.92. The number of hydrogen-bond acceptors (Lipinski definition) is 3. The standard InChI is InChI=1S/C16H17N3S/c1-2-19-11-15(9-18-19)17-10-16-8-14(12-20-16)13-6-4-3-5-7-13/h3-9,11-12,17H,2,10H2,1H3. The first-order chi connectivity index (χ1) is 9.85. The van der Waals surface area contributed by atoms with E-state index in [0.29, 0.717) is 0 Å². The van der Waals surface area contributed by atoms with Crippen molar-refractivity contribution in [3.8, 4) is 11.1 Å². The fourth-order valence-electron chi connectivity index (χ4n) is 2.07. The SMILES string of the molecule is CCn1cc(NCc2cc(-c3ccccc3)cs2)cn1. The van der Waals surface area contributed by atoms with Crippen LogP contribution < -0.4 is 5.32 Å². The first-order valence-electron chi connectivity index (χ1n) is 6.74. The molecule has 0 fully saturated rings. The maximum atomic E-state index is 4.26. The lowest BCUT2D eigenvalue weighted by Crippen LogP contribution is -1.96. The molecular weight excluding hydrogens is 266 g/mol. The third-order valence-corrected chi connectivity index (χ3v) is 4.12. The van der Waals surface area contributed by atoms with Gasteiger partial charge in [0.25, 0.3) is 0 Å². The molecule has 2 heterocycles. The summed E-state index contributed by atoms with van der Waals surface area (Å²) in [5.41, 5.74) is 3.63. The van der Waals surface area contributed by atoms with Crippen LogP contribution in [0.5, 0.6) is 0 Å². The number of aryl methyl sites for hydroxylation is 1. The van der Waals surface area contributed by atoms with E-state index in [9.17, 15) is 0 Å². The topological polar surface area (TPSA) is 29.9 Å². The van der Waals surface area contributed by atoms with Crippen LogP contribution in [0.3, 0.4) is 0 Å². The molecule has 4 heteroatoms. The molecule has 0 bridgehead atoms. The van der Waals surface area contributed by atoms with Crippen LogP contribution in [-0.2, 0) is 13.1 Å². The van der Waals surface area contributed by atoms with Crippen molar-refractivity contribution in [3.63, 3.8) is 0 Å². The molecule has 0 spiro atoms. The van der Waals surface area contributed by atoms with Gasteiger partial charge in [-0.1, -0.05) is 30.3 Å². The highest BCUT2D eigenvalue weighted by Gasteiger charge is 2.03. The van der Waals surface area contributed by atoms with Crippen molar-refractivity contribution in [1.29, 1.82) is 0 Å². The smallest absolute Gasteiger partial charge is 0.0729 e. The van der Waals surface area contributed by atoms with Crippen molar-refractivity contribution in [1.82, 2.24) is 9.78 Å². The minimum absolute atomic E-state index is 0.840. The number of nitrogens with one attached hydrogen (secondary N) is 1. The fraction of sp³-hybridized carbons (Fsp3) is 0.188. The lowest BCUT2D eigenvalue weighted by atomic mass is 10.1. The molecule has 0 aliphatic rings. The Labute approximate surface area is 122 Å². The molecule has 20 heavy (non-hydrogen) atoms. The average molecular weight is 283 g/mol. The molecule has 1 N–H and O–H groups in total. The summed E-state index contributed by atoms with van der Waals surface area (Å²) < 4.78 is 1.92. The van der Waals surface area contributed by atoms with Gasteiger partial charge in [0.15, 0.2) is 0 Å². The summed E-state index contributed by atoms with van der Waals surface area (Å²) in [4.78, 5) is 1.33. The summed E-state index contributed by atoms with van der Waals surface area (Å²) in [6, 6.07) is 12.7. The number of rotatable bonds is 5. The van der Waals surface area contributed by atoms with E-state index in [4.69, 9.17) is 0 Å². The van der Waals surface area contributed by atoms with Crippen LogP contribution >= 0.6 is 11.3 Å². The van der Waals surface area contributed by atoms with E-state index in [2.05, 4.69) is 53.1 Å². The predicted molar refractivity (Wildman–Crippen MR) is 85.0 cm³/mol. The zero-order chi connectivity index (χ0) is 13.8. The van der Waals surface area contributed by atoms with Gasteiger partial charge in [0.1, 0.15) is 0 Å². The van der Waals surface area contributed by atoms with E-state index >= 15 is 0 Å². The van der Waals surface area contributed by atoms with E-state index in [0.717, 1.165) is 18.8 Å². The Balaban J connectivity index is 1.65. The van der Waals surface area contributed by atoms with Crippen LogP contribution in [0.15, 0.2) is 54.2 Å². The summed E-state index contributed by atoms with van der Waals surface area (Å²) in [5, 5.41) is 9.87. The molecule has 102 valence electrons. The molecule has 2 aromatic heterocycles. The number of hydrogen-bond donors (Lipinski definition) is 1. The first-order valence-corrected chi connectivity index (χ1v) is 7.62. The quantitative estimate of drug-likeness (QED) is 0.759. The van der Waals surface area contributed by atoms with Gasteiger partial charge in [-0.15, -0.1) is 11.3 Å².